The molecule has 1 atom stereocenters. The summed E-state index contributed by atoms with van der Waals surface area (Å²) in [6.45, 7) is 3.73. The summed E-state index contributed by atoms with van der Waals surface area (Å²) in [5.41, 5.74) is 1.21. The average molecular weight is 375 g/mol. The van der Waals surface area contributed by atoms with Gasteiger partial charge in [-0.2, -0.15) is 0 Å². The van der Waals surface area contributed by atoms with Crippen molar-refractivity contribution in [3.8, 4) is 5.75 Å². The summed E-state index contributed by atoms with van der Waals surface area (Å²) < 4.78 is 5.36. The van der Waals surface area contributed by atoms with Gasteiger partial charge in [0.1, 0.15) is 5.75 Å². The van der Waals surface area contributed by atoms with Crippen LogP contribution in [0, 0.1) is 0 Å². The minimum absolute atomic E-state index is 0.220. The lowest BCUT2D eigenvalue weighted by Gasteiger charge is -2.26. The van der Waals surface area contributed by atoms with Crippen molar-refractivity contribution in [3.63, 3.8) is 0 Å². The number of likely N-dealkylation sites (N-methyl/N-ethyl adjacent to an activating group) is 1. The van der Waals surface area contributed by atoms with Crippen molar-refractivity contribution in [1.29, 1.82) is 0 Å². The van der Waals surface area contributed by atoms with Gasteiger partial charge in [0.05, 0.1) is 19.7 Å². The second-order valence-corrected chi connectivity index (χ2v) is 7.54. The van der Waals surface area contributed by atoms with Gasteiger partial charge < -0.3 is 20.3 Å². The molecule has 0 aliphatic heterocycles. The summed E-state index contributed by atoms with van der Waals surface area (Å²) in [6.07, 6.45) is 1.09. The van der Waals surface area contributed by atoms with E-state index in [4.69, 9.17) is 4.74 Å². The number of benzene rings is 1. The van der Waals surface area contributed by atoms with Gasteiger partial charge in [0, 0.05) is 23.3 Å². The van der Waals surface area contributed by atoms with Gasteiger partial charge in [-0.1, -0.05) is 19.1 Å². The lowest BCUT2D eigenvalue weighted by Crippen LogP contribution is -2.41. The monoisotopic (exact) mass is 374 g/mol. The maximum Gasteiger partial charge on any atom is 0.191 e. The van der Waals surface area contributed by atoms with Gasteiger partial charge in [0.15, 0.2) is 5.96 Å². The van der Waals surface area contributed by atoms with Crippen molar-refractivity contribution in [2.75, 3.05) is 34.8 Å². The molecule has 1 aromatic heterocycles. The number of nitrogens with one attached hydrogen (secondary N) is 2. The number of guanidine groups is 1. The van der Waals surface area contributed by atoms with Crippen molar-refractivity contribution < 1.29 is 4.74 Å². The third-order valence-corrected chi connectivity index (χ3v) is 5.51. The van der Waals surface area contributed by atoms with E-state index in [1.165, 1.54) is 15.3 Å². The second-order valence-electron chi connectivity index (χ2n) is 6.28. The summed E-state index contributed by atoms with van der Waals surface area (Å²) in [7, 11) is 7.67. The first-order valence-electron chi connectivity index (χ1n) is 8.89. The topological polar surface area (TPSA) is 48.9 Å². The van der Waals surface area contributed by atoms with Gasteiger partial charge in [-0.15, -0.1) is 11.3 Å². The van der Waals surface area contributed by atoms with Gasteiger partial charge >= 0.3 is 0 Å². The highest BCUT2D eigenvalue weighted by atomic mass is 32.1. The smallest absolute Gasteiger partial charge is 0.191 e. The highest BCUT2D eigenvalue weighted by Gasteiger charge is 2.15. The number of ether oxygens (including phenoxy) is 1. The first-order valence-corrected chi connectivity index (χ1v) is 9.71. The van der Waals surface area contributed by atoms with E-state index in [9.17, 15) is 0 Å². The van der Waals surface area contributed by atoms with Gasteiger partial charge in [-0.25, -0.2) is 0 Å². The lowest BCUT2D eigenvalue weighted by molar-refractivity contribution is 0.297. The maximum absolute atomic E-state index is 5.36. The van der Waals surface area contributed by atoms with E-state index in [0.717, 1.165) is 31.2 Å². The Hall–Kier alpha value is -2.05. The van der Waals surface area contributed by atoms with E-state index >= 15 is 0 Å². The van der Waals surface area contributed by atoms with Crippen molar-refractivity contribution in [1.82, 2.24) is 15.5 Å². The lowest BCUT2D eigenvalue weighted by atomic mass is 10.1. The molecule has 0 fully saturated rings. The van der Waals surface area contributed by atoms with Gasteiger partial charge in [-0.3, -0.25) is 4.99 Å². The molecule has 0 aliphatic carbocycles. The van der Waals surface area contributed by atoms with Crippen LogP contribution in [0.2, 0.25) is 0 Å². The molecule has 1 heterocycles. The predicted octanol–water partition coefficient (Wildman–Crippen LogP) is 3.29. The molecule has 0 amide bonds. The second kappa shape index (κ2) is 10.2. The standard InChI is InChI=1S/C20H30N4OS/c1-6-17-10-11-18(26-17)13-22-20(21-2)23-14-19(24(3)4)15-8-7-9-16(12-15)25-5/h7-12,19H,6,13-14H2,1-5H3,(H2,21,22,23). The summed E-state index contributed by atoms with van der Waals surface area (Å²) in [4.78, 5) is 9.27. The maximum atomic E-state index is 5.36. The van der Waals surface area contributed by atoms with Crippen molar-refractivity contribution >= 4 is 17.3 Å². The Bertz CT molecular complexity index is 711. The fraction of sp³-hybridized carbons (Fsp3) is 0.450. The van der Waals surface area contributed by atoms with Crippen LogP contribution in [-0.4, -0.2) is 45.7 Å². The van der Waals surface area contributed by atoms with Crippen LogP contribution in [0.25, 0.3) is 0 Å². The van der Waals surface area contributed by atoms with Crippen LogP contribution in [0.1, 0.15) is 28.3 Å². The molecule has 0 saturated heterocycles. The first-order chi connectivity index (χ1) is 12.6. The third kappa shape index (κ3) is 5.75. The van der Waals surface area contributed by atoms with E-state index in [1.54, 1.807) is 14.2 Å². The fourth-order valence-corrected chi connectivity index (χ4v) is 3.64. The number of methoxy groups -OCH3 is 1. The SMILES string of the molecule is CCc1ccc(CNC(=NC)NCC(c2cccc(OC)c2)N(C)C)s1. The molecule has 2 N–H and O–H groups in total. The van der Waals surface area contributed by atoms with Crippen LogP contribution in [-0.2, 0) is 13.0 Å². The Kier molecular flexibility index (Phi) is 7.94. The minimum Gasteiger partial charge on any atom is -0.497 e. The zero-order valence-electron chi connectivity index (χ0n) is 16.4. The van der Waals surface area contributed by atoms with E-state index < -0.39 is 0 Å². The molecule has 0 saturated carbocycles. The quantitative estimate of drug-likeness (QED) is 0.550. The fourth-order valence-electron chi connectivity index (χ4n) is 2.74. The van der Waals surface area contributed by atoms with Crippen LogP contribution in [0.3, 0.4) is 0 Å². The molecular formula is C20H30N4OS. The zero-order chi connectivity index (χ0) is 18.9. The number of aliphatic imine (C=N–C) groups is 1. The third-order valence-electron chi connectivity index (χ3n) is 4.28. The largest absolute Gasteiger partial charge is 0.497 e. The Morgan fingerprint density at radius 3 is 2.58 bits per heavy atom. The molecular weight excluding hydrogens is 344 g/mol. The van der Waals surface area contributed by atoms with Crippen LogP contribution >= 0.6 is 11.3 Å². The molecule has 0 bridgehead atoms. The Labute approximate surface area is 161 Å². The van der Waals surface area contributed by atoms with E-state index in [1.807, 2.05) is 23.5 Å². The molecule has 26 heavy (non-hydrogen) atoms. The summed E-state index contributed by atoms with van der Waals surface area (Å²) in [5, 5.41) is 6.84. The van der Waals surface area contributed by atoms with Gasteiger partial charge in [0.2, 0.25) is 0 Å². The number of rotatable bonds is 8. The van der Waals surface area contributed by atoms with Gasteiger partial charge in [0.25, 0.3) is 0 Å². The zero-order valence-corrected chi connectivity index (χ0v) is 17.2. The van der Waals surface area contributed by atoms with E-state index in [2.05, 4.69) is 65.8 Å². The molecule has 1 unspecified atom stereocenters. The van der Waals surface area contributed by atoms with Crippen molar-refractivity contribution in [2.45, 2.75) is 25.9 Å². The summed E-state index contributed by atoms with van der Waals surface area (Å²) >= 11 is 1.85. The van der Waals surface area contributed by atoms with Crippen LogP contribution in [0.15, 0.2) is 41.4 Å². The number of hydrogen-bond acceptors (Lipinski definition) is 4. The molecule has 2 rings (SSSR count). The average Bonchev–Trinajstić information content (AvgIpc) is 3.12. The number of nitrogens with zero attached hydrogens (tertiary/aromatic N) is 2. The molecule has 2 aromatic rings. The van der Waals surface area contributed by atoms with Crippen molar-refractivity contribution in [3.05, 3.63) is 51.7 Å². The minimum atomic E-state index is 0.220. The highest BCUT2D eigenvalue weighted by molar-refractivity contribution is 7.11. The van der Waals surface area contributed by atoms with E-state index in [0.29, 0.717) is 0 Å². The Morgan fingerprint density at radius 1 is 1.19 bits per heavy atom. The number of hydrogen-bond donors (Lipinski definition) is 2. The Morgan fingerprint density at radius 2 is 1.96 bits per heavy atom. The molecule has 142 valence electrons. The molecule has 1 aromatic carbocycles. The Balaban J connectivity index is 1.95. The number of thiophene rings is 1. The predicted molar refractivity (Wildman–Crippen MR) is 111 cm³/mol. The number of aryl methyl sites for hydroxylation is 1. The molecule has 0 aliphatic rings. The van der Waals surface area contributed by atoms with Crippen LogP contribution < -0.4 is 15.4 Å². The van der Waals surface area contributed by atoms with Crippen LogP contribution in [0.5, 0.6) is 5.75 Å². The highest BCUT2D eigenvalue weighted by Crippen LogP contribution is 2.22. The molecule has 5 nitrogen and oxygen atoms in total. The molecule has 6 heteroatoms. The van der Waals surface area contributed by atoms with Crippen molar-refractivity contribution in [2.24, 2.45) is 4.99 Å². The van der Waals surface area contributed by atoms with Gasteiger partial charge in [-0.05, 0) is 50.3 Å². The normalized spacial score (nSPS) is 12.9. The van der Waals surface area contributed by atoms with E-state index in [-0.39, 0.29) is 6.04 Å². The van der Waals surface area contributed by atoms with Crippen LogP contribution in [0.4, 0.5) is 0 Å². The summed E-state index contributed by atoms with van der Waals surface area (Å²) in [5.74, 6) is 1.69. The first kappa shape index (κ1) is 20.3. The molecule has 0 radical (unpaired) electrons. The summed E-state index contributed by atoms with van der Waals surface area (Å²) in [6, 6.07) is 12.8. The molecule has 0 spiro atoms.